The van der Waals surface area contributed by atoms with Crippen molar-refractivity contribution in [3.05, 3.63) is 51.8 Å². The maximum absolute atomic E-state index is 13.5. The molecule has 28 heavy (non-hydrogen) atoms. The Kier molecular flexibility index (Phi) is 7.26. The lowest BCUT2D eigenvalue weighted by Crippen LogP contribution is -2.48. The Morgan fingerprint density at radius 2 is 1.93 bits per heavy atom. The molecular formula is C21H29BrN4O2. The van der Waals surface area contributed by atoms with Gasteiger partial charge in [0.25, 0.3) is 5.91 Å². The van der Waals surface area contributed by atoms with Gasteiger partial charge in [-0.3, -0.25) is 14.8 Å². The van der Waals surface area contributed by atoms with Crippen molar-refractivity contribution in [3.63, 3.8) is 0 Å². The number of H-pyrrole nitrogens is 1. The van der Waals surface area contributed by atoms with Crippen LogP contribution in [0.1, 0.15) is 48.4 Å². The first kappa shape index (κ1) is 21.0. The number of ether oxygens (including phenoxy) is 1. The predicted molar refractivity (Wildman–Crippen MR) is 113 cm³/mol. The molecule has 6 nitrogen and oxygen atoms in total. The van der Waals surface area contributed by atoms with E-state index in [1.165, 1.54) is 0 Å². The third kappa shape index (κ3) is 5.01. The van der Waals surface area contributed by atoms with Crippen LogP contribution in [0.2, 0.25) is 0 Å². The number of benzene rings is 1. The average Bonchev–Trinajstić information content (AvgIpc) is 3.09. The van der Waals surface area contributed by atoms with Crippen LogP contribution in [0, 0.1) is 0 Å². The fourth-order valence-corrected chi connectivity index (χ4v) is 4.27. The molecule has 1 saturated heterocycles. The molecule has 0 aliphatic carbocycles. The Labute approximate surface area is 175 Å². The molecule has 1 aliphatic heterocycles. The molecule has 152 valence electrons. The summed E-state index contributed by atoms with van der Waals surface area (Å²) in [5.41, 5.74) is 2.51. The highest BCUT2D eigenvalue weighted by Gasteiger charge is 2.28. The summed E-state index contributed by atoms with van der Waals surface area (Å²) < 4.78 is 6.22. The van der Waals surface area contributed by atoms with Crippen LogP contribution in [0.3, 0.4) is 0 Å². The van der Waals surface area contributed by atoms with Crippen LogP contribution in [-0.2, 0) is 11.3 Å². The van der Waals surface area contributed by atoms with Gasteiger partial charge in [-0.1, -0.05) is 44.2 Å². The second-order valence-electron chi connectivity index (χ2n) is 7.64. The van der Waals surface area contributed by atoms with Gasteiger partial charge in [-0.15, -0.1) is 0 Å². The highest BCUT2D eigenvalue weighted by Crippen LogP contribution is 2.27. The Balaban J connectivity index is 1.83. The molecule has 1 amide bonds. The quantitative estimate of drug-likeness (QED) is 0.701. The first-order valence-corrected chi connectivity index (χ1v) is 10.7. The number of hydrogen-bond acceptors (Lipinski definition) is 4. The normalized spacial score (nSPS) is 16.3. The number of morpholine rings is 1. The van der Waals surface area contributed by atoms with Gasteiger partial charge < -0.3 is 9.64 Å². The third-order valence-electron chi connectivity index (χ3n) is 5.13. The standard InChI is InChI=1S/C21H29BrN4O2/c1-15(2)19-18(22)20(24-23-19)21(27)26(14-17-7-5-4-6-8-17)16(3)13-25-9-11-28-12-10-25/h4-8,15-16H,9-14H2,1-3H3,(H,23,24). The van der Waals surface area contributed by atoms with Crippen LogP contribution in [0.4, 0.5) is 0 Å². The second kappa shape index (κ2) is 9.67. The van der Waals surface area contributed by atoms with Gasteiger partial charge in [0.05, 0.1) is 23.4 Å². The zero-order valence-corrected chi connectivity index (χ0v) is 18.4. The number of aromatic nitrogens is 2. The lowest BCUT2D eigenvalue weighted by atomic mass is 10.1. The smallest absolute Gasteiger partial charge is 0.276 e. The molecule has 1 N–H and O–H groups in total. The SMILES string of the molecule is CC(C)c1[nH]nc(C(=O)N(Cc2ccccc2)C(C)CN2CCOCC2)c1Br. The number of nitrogens with one attached hydrogen (secondary N) is 1. The Bertz CT molecular complexity index is 772. The monoisotopic (exact) mass is 448 g/mol. The Morgan fingerprint density at radius 3 is 2.54 bits per heavy atom. The molecule has 0 radical (unpaired) electrons. The molecule has 1 aromatic heterocycles. The number of rotatable bonds is 7. The van der Waals surface area contributed by atoms with E-state index >= 15 is 0 Å². The Morgan fingerprint density at radius 1 is 1.25 bits per heavy atom. The molecule has 1 fully saturated rings. The summed E-state index contributed by atoms with van der Waals surface area (Å²) in [6.45, 7) is 11.0. The van der Waals surface area contributed by atoms with Gasteiger partial charge in [-0.25, -0.2) is 0 Å². The molecule has 2 heterocycles. The number of halogens is 1. The van der Waals surface area contributed by atoms with E-state index in [-0.39, 0.29) is 17.9 Å². The third-order valence-corrected chi connectivity index (χ3v) is 5.93. The highest BCUT2D eigenvalue weighted by molar-refractivity contribution is 9.10. The highest BCUT2D eigenvalue weighted by atomic mass is 79.9. The van der Waals surface area contributed by atoms with Crippen molar-refractivity contribution in [1.29, 1.82) is 0 Å². The number of aromatic amines is 1. The first-order valence-electron chi connectivity index (χ1n) is 9.86. The van der Waals surface area contributed by atoms with E-state index in [1.54, 1.807) is 0 Å². The van der Waals surface area contributed by atoms with Crippen molar-refractivity contribution in [2.24, 2.45) is 0 Å². The van der Waals surface area contributed by atoms with Gasteiger partial charge in [-0.2, -0.15) is 5.10 Å². The molecule has 3 rings (SSSR count). The number of carbonyl (C=O) groups is 1. The predicted octanol–water partition coefficient (Wildman–Crippen LogP) is 3.66. The van der Waals surface area contributed by atoms with Crippen LogP contribution < -0.4 is 0 Å². The van der Waals surface area contributed by atoms with Gasteiger partial charge in [0, 0.05) is 32.2 Å². The van der Waals surface area contributed by atoms with Gasteiger partial charge in [0.2, 0.25) is 0 Å². The molecule has 2 aromatic rings. The van der Waals surface area contributed by atoms with Crippen molar-refractivity contribution < 1.29 is 9.53 Å². The number of nitrogens with zero attached hydrogens (tertiary/aromatic N) is 3. The van der Waals surface area contributed by atoms with E-state index in [1.807, 2.05) is 23.1 Å². The number of amides is 1. The van der Waals surface area contributed by atoms with Crippen molar-refractivity contribution in [2.45, 2.75) is 39.3 Å². The van der Waals surface area contributed by atoms with Crippen LogP contribution in [0.15, 0.2) is 34.8 Å². The van der Waals surface area contributed by atoms with Gasteiger partial charge in [0.15, 0.2) is 5.69 Å². The minimum Gasteiger partial charge on any atom is -0.379 e. The topological polar surface area (TPSA) is 61.5 Å². The van der Waals surface area contributed by atoms with Crippen LogP contribution >= 0.6 is 15.9 Å². The fourth-order valence-electron chi connectivity index (χ4n) is 3.47. The average molecular weight is 449 g/mol. The number of carbonyl (C=O) groups excluding carboxylic acids is 1. The molecule has 1 atom stereocenters. The molecular weight excluding hydrogens is 420 g/mol. The molecule has 7 heteroatoms. The summed E-state index contributed by atoms with van der Waals surface area (Å²) in [6.07, 6.45) is 0. The second-order valence-corrected chi connectivity index (χ2v) is 8.43. The zero-order chi connectivity index (χ0) is 20.1. The van der Waals surface area contributed by atoms with Crippen molar-refractivity contribution in [1.82, 2.24) is 20.0 Å². The van der Waals surface area contributed by atoms with E-state index in [0.717, 1.165) is 48.6 Å². The maximum atomic E-state index is 13.5. The van der Waals surface area contributed by atoms with Crippen molar-refractivity contribution >= 4 is 21.8 Å². The molecule has 0 bridgehead atoms. The number of hydrogen-bond donors (Lipinski definition) is 1. The minimum atomic E-state index is -0.0559. The van der Waals surface area contributed by atoms with Gasteiger partial charge in [-0.05, 0) is 34.3 Å². The van der Waals surface area contributed by atoms with Crippen LogP contribution in [0.25, 0.3) is 0 Å². The van der Waals surface area contributed by atoms with E-state index in [4.69, 9.17) is 4.74 Å². The summed E-state index contributed by atoms with van der Waals surface area (Å²) >= 11 is 3.59. The molecule has 0 spiro atoms. The van der Waals surface area contributed by atoms with Crippen LogP contribution in [0.5, 0.6) is 0 Å². The fraction of sp³-hybridized carbons (Fsp3) is 0.524. The lowest BCUT2D eigenvalue weighted by Gasteiger charge is -2.35. The van der Waals surface area contributed by atoms with Gasteiger partial charge in [0.1, 0.15) is 0 Å². The molecule has 1 aliphatic rings. The Hall–Kier alpha value is -1.70. The summed E-state index contributed by atoms with van der Waals surface area (Å²) in [4.78, 5) is 17.7. The minimum absolute atomic E-state index is 0.0527. The lowest BCUT2D eigenvalue weighted by molar-refractivity contribution is 0.0227. The van der Waals surface area contributed by atoms with Crippen LogP contribution in [-0.4, -0.2) is 64.8 Å². The van der Waals surface area contributed by atoms with Crippen molar-refractivity contribution in [3.8, 4) is 0 Å². The molecule has 1 unspecified atom stereocenters. The summed E-state index contributed by atoms with van der Waals surface area (Å²) in [6, 6.07) is 10.2. The van der Waals surface area contributed by atoms with E-state index in [0.29, 0.717) is 12.2 Å². The summed E-state index contributed by atoms with van der Waals surface area (Å²) in [7, 11) is 0. The largest absolute Gasteiger partial charge is 0.379 e. The van der Waals surface area contributed by atoms with E-state index in [9.17, 15) is 4.79 Å². The summed E-state index contributed by atoms with van der Waals surface area (Å²) in [5.74, 6) is 0.205. The molecule has 1 aromatic carbocycles. The van der Waals surface area contributed by atoms with Crippen molar-refractivity contribution in [2.75, 3.05) is 32.8 Å². The summed E-state index contributed by atoms with van der Waals surface area (Å²) in [5, 5.41) is 7.35. The van der Waals surface area contributed by atoms with E-state index < -0.39 is 0 Å². The van der Waals surface area contributed by atoms with E-state index in [2.05, 4.69) is 63.9 Å². The zero-order valence-electron chi connectivity index (χ0n) is 16.8. The molecule has 0 saturated carbocycles. The maximum Gasteiger partial charge on any atom is 0.276 e. The first-order chi connectivity index (χ1) is 13.5. The van der Waals surface area contributed by atoms with Gasteiger partial charge >= 0.3 is 0 Å².